The van der Waals surface area contributed by atoms with Crippen LogP contribution in [0.3, 0.4) is 0 Å². The minimum Gasteiger partial charge on any atom is -0.271 e. The summed E-state index contributed by atoms with van der Waals surface area (Å²) in [5, 5.41) is 5.09. The van der Waals surface area contributed by atoms with Crippen LogP contribution in [0.15, 0.2) is 71.8 Å². The van der Waals surface area contributed by atoms with Crippen molar-refractivity contribution in [2.45, 2.75) is 6.18 Å². The molecule has 1 N–H and O–H groups in total. The topological polar surface area (TPSA) is 78.8 Å². The maximum Gasteiger partial charge on any atom is 0.416 e. The van der Waals surface area contributed by atoms with Crippen LogP contribution in [0.5, 0.6) is 0 Å². The number of nitrogens with one attached hydrogen (secondary N) is 1. The SMILES string of the molecule is CS(=O)(=O)N(CC(=O)N/N=C\c1cccc(C(F)(F)F)c1)c1cccc2ccccc12. The lowest BCUT2D eigenvalue weighted by Gasteiger charge is -2.23. The third-order valence-electron chi connectivity index (χ3n) is 4.34. The number of anilines is 1. The molecule has 3 aromatic rings. The van der Waals surface area contributed by atoms with Gasteiger partial charge in [-0.15, -0.1) is 0 Å². The lowest BCUT2D eigenvalue weighted by Crippen LogP contribution is -2.39. The standard InChI is InChI=1S/C21H18F3N3O3S/c1-31(29,30)27(19-11-5-8-16-7-2-3-10-18(16)19)14-20(28)26-25-13-15-6-4-9-17(12-15)21(22,23)24/h2-13H,14H2,1H3,(H,26,28)/b25-13-. The van der Waals surface area contributed by atoms with Gasteiger partial charge in [-0.25, -0.2) is 13.8 Å². The molecule has 3 aromatic carbocycles. The second-order valence-electron chi connectivity index (χ2n) is 6.68. The summed E-state index contributed by atoms with van der Waals surface area (Å²) >= 11 is 0. The molecule has 0 aromatic heterocycles. The summed E-state index contributed by atoms with van der Waals surface area (Å²) in [7, 11) is -3.81. The Morgan fingerprint density at radius 3 is 2.45 bits per heavy atom. The number of halogens is 3. The summed E-state index contributed by atoms with van der Waals surface area (Å²) in [5.41, 5.74) is 1.77. The van der Waals surface area contributed by atoms with Crippen LogP contribution in [0.2, 0.25) is 0 Å². The number of alkyl halides is 3. The van der Waals surface area contributed by atoms with E-state index in [0.717, 1.165) is 34.3 Å². The number of hydrazone groups is 1. The van der Waals surface area contributed by atoms with E-state index >= 15 is 0 Å². The van der Waals surface area contributed by atoms with Crippen molar-refractivity contribution < 1.29 is 26.4 Å². The van der Waals surface area contributed by atoms with Gasteiger partial charge in [0.2, 0.25) is 10.0 Å². The molecule has 0 aliphatic rings. The molecular weight excluding hydrogens is 431 g/mol. The molecule has 10 heteroatoms. The number of carbonyl (C=O) groups is 1. The van der Waals surface area contributed by atoms with Gasteiger partial charge in [0.05, 0.1) is 23.7 Å². The Balaban J connectivity index is 1.78. The fourth-order valence-corrected chi connectivity index (χ4v) is 3.82. The van der Waals surface area contributed by atoms with Crippen molar-refractivity contribution in [2.75, 3.05) is 17.1 Å². The average molecular weight is 449 g/mol. The Morgan fingerprint density at radius 1 is 1.06 bits per heavy atom. The summed E-state index contributed by atoms with van der Waals surface area (Å²) in [4.78, 5) is 12.3. The van der Waals surface area contributed by atoms with Crippen LogP contribution in [0, 0.1) is 0 Å². The van der Waals surface area contributed by atoms with Crippen molar-refractivity contribution in [3.05, 3.63) is 77.9 Å². The van der Waals surface area contributed by atoms with E-state index in [0.29, 0.717) is 11.1 Å². The largest absolute Gasteiger partial charge is 0.416 e. The number of fused-ring (bicyclic) bond motifs is 1. The highest BCUT2D eigenvalue weighted by Crippen LogP contribution is 2.29. The second kappa shape index (κ2) is 8.76. The van der Waals surface area contributed by atoms with Crippen LogP contribution in [0.25, 0.3) is 10.8 Å². The molecule has 6 nitrogen and oxygen atoms in total. The molecule has 1 amide bonds. The predicted molar refractivity (Wildman–Crippen MR) is 113 cm³/mol. The number of hydrogen-bond acceptors (Lipinski definition) is 4. The van der Waals surface area contributed by atoms with Crippen molar-refractivity contribution >= 4 is 38.6 Å². The zero-order valence-electron chi connectivity index (χ0n) is 16.3. The zero-order valence-corrected chi connectivity index (χ0v) is 17.1. The van der Waals surface area contributed by atoms with Crippen molar-refractivity contribution in [3.63, 3.8) is 0 Å². The fraction of sp³-hybridized carbons (Fsp3) is 0.143. The van der Waals surface area contributed by atoms with Crippen molar-refractivity contribution in [3.8, 4) is 0 Å². The van der Waals surface area contributed by atoms with Gasteiger partial charge < -0.3 is 0 Å². The minimum absolute atomic E-state index is 0.129. The summed E-state index contributed by atoms with van der Waals surface area (Å²) in [6.07, 6.45) is -2.47. The molecule has 162 valence electrons. The van der Waals surface area contributed by atoms with E-state index in [1.165, 1.54) is 12.1 Å². The molecule has 0 saturated heterocycles. The number of benzene rings is 3. The first-order valence-electron chi connectivity index (χ1n) is 9.00. The highest BCUT2D eigenvalue weighted by molar-refractivity contribution is 7.92. The molecule has 0 unspecified atom stereocenters. The second-order valence-corrected chi connectivity index (χ2v) is 8.59. The van der Waals surface area contributed by atoms with Crippen LogP contribution in [0.1, 0.15) is 11.1 Å². The van der Waals surface area contributed by atoms with E-state index < -0.39 is 34.2 Å². The zero-order chi connectivity index (χ0) is 22.6. The van der Waals surface area contributed by atoms with Crippen LogP contribution in [0.4, 0.5) is 18.9 Å². The number of hydrogen-bond donors (Lipinski definition) is 1. The van der Waals surface area contributed by atoms with Gasteiger partial charge in [-0.05, 0) is 29.1 Å². The molecule has 0 bridgehead atoms. The van der Waals surface area contributed by atoms with E-state index in [-0.39, 0.29) is 5.56 Å². The number of carbonyl (C=O) groups excluding carboxylic acids is 1. The smallest absolute Gasteiger partial charge is 0.271 e. The van der Waals surface area contributed by atoms with E-state index in [1.54, 1.807) is 24.3 Å². The Kier molecular flexibility index (Phi) is 6.30. The van der Waals surface area contributed by atoms with E-state index in [4.69, 9.17) is 0 Å². The molecule has 0 atom stereocenters. The Bertz CT molecular complexity index is 1240. The number of nitrogens with zero attached hydrogens (tertiary/aromatic N) is 2. The molecule has 0 heterocycles. The normalized spacial score (nSPS) is 12.3. The van der Waals surface area contributed by atoms with Gasteiger partial charge in [0.1, 0.15) is 6.54 Å². The third-order valence-corrected chi connectivity index (χ3v) is 5.47. The van der Waals surface area contributed by atoms with Crippen LogP contribution >= 0.6 is 0 Å². The first-order chi connectivity index (χ1) is 14.6. The molecule has 0 radical (unpaired) electrons. The van der Waals surface area contributed by atoms with Crippen molar-refractivity contribution in [1.82, 2.24) is 5.43 Å². The summed E-state index contributed by atoms with van der Waals surface area (Å²) in [6, 6.07) is 16.6. The van der Waals surface area contributed by atoms with Crippen LogP contribution < -0.4 is 9.73 Å². The number of sulfonamides is 1. The van der Waals surface area contributed by atoms with Gasteiger partial charge in [-0.3, -0.25) is 9.10 Å². The molecule has 0 aliphatic heterocycles. The summed E-state index contributed by atoms with van der Waals surface area (Å²) < 4.78 is 63.9. The summed E-state index contributed by atoms with van der Waals surface area (Å²) in [5.74, 6) is -0.749. The quantitative estimate of drug-likeness (QED) is 0.460. The first kappa shape index (κ1) is 22.3. The first-order valence-corrected chi connectivity index (χ1v) is 10.9. The Labute approximate surface area is 177 Å². The molecular formula is C21H18F3N3O3S. The Hall–Kier alpha value is -3.40. The molecule has 31 heavy (non-hydrogen) atoms. The lowest BCUT2D eigenvalue weighted by molar-refractivity contribution is -0.137. The highest BCUT2D eigenvalue weighted by atomic mass is 32.2. The maximum absolute atomic E-state index is 12.8. The lowest BCUT2D eigenvalue weighted by atomic mass is 10.1. The average Bonchev–Trinajstić information content (AvgIpc) is 2.70. The summed E-state index contributed by atoms with van der Waals surface area (Å²) in [6.45, 7) is -0.549. The van der Waals surface area contributed by atoms with Crippen LogP contribution in [-0.4, -0.2) is 33.3 Å². The third kappa shape index (κ3) is 5.60. The van der Waals surface area contributed by atoms with Gasteiger partial charge in [0.15, 0.2) is 0 Å². The molecule has 0 fully saturated rings. The number of rotatable bonds is 6. The molecule has 3 rings (SSSR count). The van der Waals surface area contributed by atoms with Crippen molar-refractivity contribution in [1.29, 1.82) is 0 Å². The van der Waals surface area contributed by atoms with E-state index in [1.807, 2.05) is 18.2 Å². The van der Waals surface area contributed by atoms with Gasteiger partial charge in [0.25, 0.3) is 5.91 Å². The van der Waals surface area contributed by atoms with Crippen molar-refractivity contribution in [2.24, 2.45) is 5.10 Å². The van der Waals surface area contributed by atoms with Gasteiger partial charge >= 0.3 is 6.18 Å². The predicted octanol–water partition coefficient (Wildman–Crippen LogP) is 3.77. The molecule has 0 saturated carbocycles. The van der Waals surface area contributed by atoms with Gasteiger partial charge in [-0.2, -0.15) is 18.3 Å². The maximum atomic E-state index is 12.8. The Morgan fingerprint density at radius 2 is 1.74 bits per heavy atom. The molecule has 0 spiro atoms. The van der Waals surface area contributed by atoms with Gasteiger partial charge in [0, 0.05) is 5.39 Å². The fourth-order valence-electron chi connectivity index (χ4n) is 2.95. The van der Waals surface area contributed by atoms with Crippen LogP contribution in [-0.2, 0) is 21.0 Å². The highest BCUT2D eigenvalue weighted by Gasteiger charge is 2.30. The molecule has 0 aliphatic carbocycles. The van der Waals surface area contributed by atoms with E-state index in [2.05, 4.69) is 10.5 Å². The minimum atomic E-state index is -4.50. The monoisotopic (exact) mass is 449 g/mol. The van der Waals surface area contributed by atoms with E-state index in [9.17, 15) is 26.4 Å². The number of amides is 1. The van der Waals surface area contributed by atoms with Gasteiger partial charge in [-0.1, -0.05) is 48.5 Å².